The SMILES string of the molecule is O=Cc1ccc2c(c1)OCC=C2. The first kappa shape index (κ1) is 7.10. The Labute approximate surface area is 70.5 Å². The van der Waals surface area contributed by atoms with Gasteiger partial charge in [0.2, 0.25) is 0 Å². The largest absolute Gasteiger partial charge is 0.489 e. The number of carbonyl (C=O) groups is 1. The maximum Gasteiger partial charge on any atom is 0.150 e. The lowest BCUT2D eigenvalue weighted by molar-refractivity contribution is 0.112. The van der Waals surface area contributed by atoms with Crippen LogP contribution in [0.5, 0.6) is 5.75 Å². The van der Waals surface area contributed by atoms with Crippen molar-refractivity contribution in [2.75, 3.05) is 6.61 Å². The molecule has 1 heterocycles. The summed E-state index contributed by atoms with van der Waals surface area (Å²) in [6.45, 7) is 0.593. The van der Waals surface area contributed by atoms with Gasteiger partial charge in [0.15, 0.2) is 0 Å². The van der Waals surface area contributed by atoms with Crippen LogP contribution in [0, 0.1) is 0 Å². The topological polar surface area (TPSA) is 26.3 Å². The number of rotatable bonds is 1. The Morgan fingerprint density at radius 2 is 2.33 bits per heavy atom. The summed E-state index contributed by atoms with van der Waals surface area (Å²) < 4.78 is 5.32. The molecular formula is C10H8O2. The Kier molecular flexibility index (Phi) is 1.67. The van der Waals surface area contributed by atoms with Crippen LogP contribution in [0.1, 0.15) is 15.9 Å². The molecule has 2 heteroatoms. The van der Waals surface area contributed by atoms with Crippen LogP contribution in [0.3, 0.4) is 0 Å². The van der Waals surface area contributed by atoms with Crippen molar-refractivity contribution < 1.29 is 9.53 Å². The molecule has 0 spiro atoms. The lowest BCUT2D eigenvalue weighted by Crippen LogP contribution is -2.00. The van der Waals surface area contributed by atoms with Crippen LogP contribution in [-0.4, -0.2) is 12.9 Å². The van der Waals surface area contributed by atoms with Gasteiger partial charge in [0.25, 0.3) is 0 Å². The molecule has 1 aromatic rings. The van der Waals surface area contributed by atoms with Gasteiger partial charge in [-0.05, 0) is 12.1 Å². The molecule has 12 heavy (non-hydrogen) atoms. The zero-order chi connectivity index (χ0) is 8.39. The van der Waals surface area contributed by atoms with Crippen LogP contribution in [0.4, 0.5) is 0 Å². The third kappa shape index (κ3) is 1.11. The minimum atomic E-state index is 0.593. The van der Waals surface area contributed by atoms with E-state index in [1.807, 2.05) is 18.2 Å². The molecule has 0 aliphatic carbocycles. The second kappa shape index (κ2) is 2.81. The van der Waals surface area contributed by atoms with Gasteiger partial charge in [-0.1, -0.05) is 18.2 Å². The van der Waals surface area contributed by atoms with E-state index in [0.717, 1.165) is 17.6 Å². The highest BCUT2D eigenvalue weighted by Gasteiger charge is 2.04. The average Bonchev–Trinajstić information content (AvgIpc) is 2.17. The van der Waals surface area contributed by atoms with E-state index in [9.17, 15) is 4.79 Å². The fraction of sp³-hybridized carbons (Fsp3) is 0.100. The van der Waals surface area contributed by atoms with Crippen LogP contribution in [0.15, 0.2) is 24.3 Å². The monoisotopic (exact) mass is 160 g/mol. The Balaban J connectivity index is 2.50. The second-order valence-corrected chi connectivity index (χ2v) is 2.63. The normalized spacial score (nSPS) is 13.3. The lowest BCUT2D eigenvalue weighted by Gasteiger charge is -2.11. The van der Waals surface area contributed by atoms with E-state index in [1.54, 1.807) is 12.1 Å². The van der Waals surface area contributed by atoms with E-state index in [1.165, 1.54) is 0 Å². The Hall–Kier alpha value is -1.57. The molecular weight excluding hydrogens is 152 g/mol. The zero-order valence-electron chi connectivity index (χ0n) is 6.49. The van der Waals surface area contributed by atoms with Gasteiger partial charge in [0.05, 0.1) is 0 Å². The standard InChI is InChI=1S/C10H8O2/c11-7-8-3-4-9-2-1-5-12-10(9)6-8/h1-4,6-7H,5H2. The van der Waals surface area contributed by atoms with Gasteiger partial charge in [0.1, 0.15) is 18.6 Å². The molecule has 0 amide bonds. The van der Waals surface area contributed by atoms with Crippen LogP contribution < -0.4 is 4.74 Å². The van der Waals surface area contributed by atoms with Crippen LogP contribution in [0.25, 0.3) is 6.08 Å². The van der Waals surface area contributed by atoms with Gasteiger partial charge in [-0.3, -0.25) is 4.79 Å². The van der Waals surface area contributed by atoms with E-state index in [0.29, 0.717) is 12.2 Å². The zero-order valence-corrected chi connectivity index (χ0v) is 6.49. The molecule has 0 bridgehead atoms. The molecule has 2 rings (SSSR count). The minimum Gasteiger partial charge on any atom is -0.489 e. The maximum absolute atomic E-state index is 10.4. The molecule has 1 aliphatic heterocycles. The van der Waals surface area contributed by atoms with E-state index in [-0.39, 0.29) is 0 Å². The molecule has 1 aliphatic rings. The van der Waals surface area contributed by atoms with Crippen molar-refractivity contribution in [3.05, 3.63) is 35.4 Å². The summed E-state index contributed by atoms with van der Waals surface area (Å²) in [5.74, 6) is 0.794. The van der Waals surface area contributed by atoms with Crippen molar-refractivity contribution in [1.82, 2.24) is 0 Å². The van der Waals surface area contributed by atoms with Gasteiger partial charge in [-0.15, -0.1) is 0 Å². The minimum absolute atomic E-state index is 0.593. The van der Waals surface area contributed by atoms with Gasteiger partial charge >= 0.3 is 0 Å². The molecule has 0 atom stereocenters. The van der Waals surface area contributed by atoms with Gasteiger partial charge in [-0.2, -0.15) is 0 Å². The third-order valence-electron chi connectivity index (χ3n) is 1.81. The van der Waals surface area contributed by atoms with E-state index in [4.69, 9.17) is 4.74 Å². The average molecular weight is 160 g/mol. The quantitative estimate of drug-likeness (QED) is 0.586. The number of aldehydes is 1. The van der Waals surface area contributed by atoms with E-state index in [2.05, 4.69) is 0 Å². The third-order valence-corrected chi connectivity index (χ3v) is 1.81. The second-order valence-electron chi connectivity index (χ2n) is 2.63. The summed E-state index contributed by atoms with van der Waals surface area (Å²) in [5, 5.41) is 0. The lowest BCUT2D eigenvalue weighted by atomic mass is 10.1. The summed E-state index contributed by atoms with van der Waals surface area (Å²) in [7, 11) is 0. The van der Waals surface area contributed by atoms with Crippen molar-refractivity contribution in [3.63, 3.8) is 0 Å². The van der Waals surface area contributed by atoms with Crippen LogP contribution in [0.2, 0.25) is 0 Å². The molecule has 60 valence electrons. The number of hydrogen-bond donors (Lipinski definition) is 0. The van der Waals surface area contributed by atoms with Crippen molar-refractivity contribution in [3.8, 4) is 5.75 Å². The van der Waals surface area contributed by atoms with Crippen LogP contribution >= 0.6 is 0 Å². The fourth-order valence-corrected chi connectivity index (χ4v) is 1.20. The maximum atomic E-state index is 10.4. The Morgan fingerprint density at radius 3 is 3.17 bits per heavy atom. The number of hydrogen-bond acceptors (Lipinski definition) is 2. The highest BCUT2D eigenvalue weighted by atomic mass is 16.5. The van der Waals surface area contributed by atoms with Crippen molar-refractivity contribution in [2.24, 2.45) is 0 Å². The number of benzene rings is 1. The molecule has 2 nitrogen and oxygen atoms in total. The fourth-order valence-electron chi connectivity index (χ4n) is 1.20. The molecule has 0 aromatic heterocycles. The predicted molar refractivity (Wildman–Crippen MR) is 46.4 cm³/mol. The smallest absolute Gasteiger partial charge is 0.150 e. The summed E-state index contributed by atoms with van der Waals surface area (Å²) in [6.07, 6.45) is 4.76. The number of ether oxygens (including phenoxy) is 1. The number of carbonyl (C=O) groups excluding carboxylic acids is 1. The van der Waals surface area contributed by atoms with E-state index < -0.39 is 0 Å². The summed E-state index contributed by atoms with van der Waals surface area (Å²) in [6, 6.07) is 5.42. The van der Waals surface area contributed by atoms with Gasteiger partial charge in [0, 0.05) is 11.1 Å². The van der Waals surface area contributed by atoms with Crippen molar-refractivity contribution in [1.29, 1.82) is 0 Å². The summed E-state index contributed by atoms with van der Waals surface area (Å²) in [4.78, 5) is 10.4. The molecule has 1 aromatic carbocycles. The van der Waals surface area contributed by atoms with Gasteiger partial charge in [-0.25, -0.2) is 0 Å². The molecule has 0 radical (unpaired) electrons. The van der Waals surface area contributed by atoms with Crippen molar-refractivity contribution in [2.45, 2.75) is 0 Å². The highest BCUT2D eigenvalue weighted by Crippen LogP contribution is 2.23. The van der Waals surface area contributed by atoms with Gasteiger partial charge < -0.3 is 4.74 Å². The van der Waals surface area contributed by atoms with Crippen molar-refractivity contribution >= 4 is 12.4 Å². The Morgan fingerprint density at radius 1 is 1.42 bits per heavy atom. The Bertz CT molecular complexity index is 340. The van der Waals surface area contributed by atoms with E-state index >= 15 is 0 Å². The summed E-state index contributed by atoms with van der Waals surface area (Å²) >= 11 is 0. The predicted octanol–water partition coefficient (Wildman–Crippen LogP) is 1.90. The first-order valence-corrected chi connectivity index (χ1v) is 3.79. The number of fused-ring (bicyclic) bond motifs is 1. The molecule has 0 N–H and O–H groups in total. The molecule has 0 unspecified atom stereocenters. The molecule has 0 saturated carbocycles. The first-order chi connectivity index (χ1) is 5.90. The molecule has 0 saturated heterocycles. The highest BCUT2D eigenvalue weighted by molar-refractivity contribution is 5.77. The first-order valence-electron chi connectivity index (χ1n) is 3.79. The van der Waals surface area contributed by atoms with Crippen LogP contribution in [-0.2, 0) is 0 Å². The molecule has 0 fully saturated rings. The summed E-state index contributed by atoms with van der Waals surface area (Å²) in [5.41, 5.74) is 1.69.